The Bertz CT molecular complexity index is 429. The molecule has 0 unspecified atom stereocenters. The average Bonchev–Trinajstić information content (AvgIpc) is 2.47. The van der Waals surface area contributed by atoms with Gasteiger partial charge in [-0.15, -0.1) is 0 Å². The van der Waals surface area contributed by atoms with E-state index in [1.807, 2.05) is 0 Å². The molecule has 2 rings (SSSR count). The van der Waals surface area contributed by atoms with E-state index in [2.05, 4.69) is 4.72 Å². The minimum Gasteiger partial charge on any atom is -0.257 e. The van der Waals surface area contributed by atoms with Crippen LogP contribution in [0.4, 0.5) is 10.1 Å². The fourth-order valence-corrected chi connectivity index (χ4v) is 2.59. The van der Waals surface area contributed by atoms with E-state index in [9.17, 15) is 12.8 Å². The Morgan fingerprint density at radius 2 is 1.93 bits per heavy atom. The third-order valence-electron chi connectivity index (χ3n) is 2.00. The van der Waals surface area contributed by atoms with Crippen LogP contribution in [0.2, 0.25) is 0 Å². The number of nitrogens with one attached hydrogen (secondary N) is 1. The Morgan fingerprint density at radius 1 is 1.29 bits per heavy atom. The summed E-state index contributed by atoms with van der Waals surface area (Å²) >= 11 is 0. The van der Waals surface area contributed by atoms with Gasteiger partial charge in [0.2, 0.25) is 0 Å². The second kappa shape index (κ2) is 3.21. The van der Waals surface area contributed by atoms with Crippen LogP contribution in [0.1, 0.15) is 0 Å². The highest BCUT2D eigenvalue weighted by Gasteiger charge is 2.27. The summed E-state index contributed by atoms with van der Waals surface area (Å²) in [5.41, 5.74) is 0.483. The summed E-state index contributed by atoms with van der Waals surface area (Å²) in [6, 6.07) is 5.37. The van der Waals surface area contributed by atoms with Gasteiger partial charge >= 0.3 is 10.2 Å². The van der Waals surface area contributed by atoms with Gasteiger partial charge in [0.1, 0.15) is 5.82 Å². The lowest BCUT2D eigenvalue weighted by molar-refractivity contribution is 0.591. The van der Waals surface area contributed by atoms with E-state index >= 15 is 0 Å². The SMILES string of the molecule is O=S1(=O)NCCN1c1ccc(F)cc1. The first kappa shape index (κ1) is 9.42. The van der Waals surface area contributed by atoms with Crippen molar-refractivity contribution >= 4 is 15.9 Å². The summed E-state index contributed by atoms with van der Waals surface area (Å²) in [7, 11) is -3.39. The van der Waals surface area contributed by atoms with E-state index in [4.69, 9.17) is 0 Å². The zero-order chi connectivity index (χ0) is 10.2. The lowest BCUT2D eigenvalue weighted by Crippen LogP contribution is -2.29. The third-order valence-corrected chi connectivity index (χ3v) is 3.55. The quantitative estimate of drug-likeness (QED) is 0.742. The molecule has 1 saturated heterocycles. The van der Waals surface area contributed by atoms with Crippen LogP contribution >= 0.6 is 0 Å². The molecule has 1 N–H and O–H groups in total. The molecule has 0 radical (unpaired) electrons. The summed E-state index contributed by atoms with van der Waals surface area (Å²) in [6.07, 6.45) is 0. The van der Waals surface area contributed by atoms with Gasteiger partial charge in [0.25, 0.3) is 0 Å². The summed E-state index contributed by atoms with van der Waals surface area (Å²) in [4.78, 5) is 0. The zero-order valence-electron chi connectivity index (χ0n) is 7.27. The number of anilines is 1. The van der Waals surface area contributed by atoms with Crippen molar-refractivity contribution in [1.82, 2.24) is 4.72 Å². The van der Waals surface area contributed by atoms with E-state index in [0.717, 1.165) is 0 Å². The third kappa shape index (κ3) is 1.58. The van der Waals surface area contributed by atoms with Crippen LogP contribution < -0.4 is 9.03 Å². The topological polar surface area (TPSA) is 49.4 Å². The predicted octanol–water partition coefficient (Wildman–Crippen LogP) is 0.480. The second-order valence-corrected chi connectivity index (χ2v) is 4.63. The molecule has 0 atom stereocenters. The smallest absolute Gasteiger partial charge is 0.257 e. The molecule has 1 heterocycles. The summed E-state index contributed by atoms with van der Waals surface area (Å²) in [5, 5.41) is 0. The predicted molar refractivity (Wildman–Crippen MR) is 50.7 cm³/mol. The Hall–Kier alpha value is -1.14. The standard InChI is InChI=1S/C8H9FN2O2S/c9-7-1-3-8(4-2-7)11-6-5-10-14(11,12)13/h1-4,10H,5-6H2. The minimum atomic E-state index is -3.39. The molecule has 1 aromatic rings. The van der Waals surface area contributed by atoms with Gasteiger partial charge < -0.3 is 0 Å². The molecule has 0 amide bonds. The molecule has 0 saturated carbocycles. The first-order chi connectivity index (χ1) is 6.59. The Labute approximate surface area is 81.5 Å². The van der Waals surface area contributed by atoms with Gasteiger partial charge in [0.15, 0.2) is 0 Å². The molecule has 4 nitrogen and oxygen atoms in total. The average molecular weight is 216 g/mol. The van der Waals surface area contributed by atoms with Crippen molar-refractivity contribution in [3.05, 3.63) is 30.1 Å². The van der Waals surface area contributed by atoms with Crippen molar-refractivity contribution in [2.45, 2.75) is 0 Å². The van der Waals surface area contributed by atoms with Gasteiger partial charge in [-0.3, -0.25) is 4.31 Å². The molecule has 0 aromatic heterocycles. The van der Waals surface area contributed by atoms with Crippen LogP contribution in [-0.4, -0.2) is 21.5 Å². The first-order valence-electron chi connectivity index (χ1n) is 4.12. The van der Waals surface area contributed by atoms with E-state index < -0.39 is 10.2 Å². The lowest BCUT2D eigenvalue weighted by atomic mass is 10.3. The van der Waals surface area contributed by atoms with E-state index in [0.29, 0.717) is 18.8 Å². The highest BCUT2D eigenvalue weighted by Crippen LogP contribution is 2.19. The molecular weight excluding hydrogens is 207 g/mol. The van der Waals surface area contributed by atoms with Crippen LogP contribution in [0, 0.1) is 5.82 Å². The Kier molecular flexibility index (Phi) is 2.16. The molecule has 1 aliphatic rings. The van der Waals surface area contributed by atoms with Crippen LogP contribution in [-0.2, 0) is 10.2 Å². The van der Waals surface area contributed by atoms with Gasteiger partial charge in [-0.1, -0.05) is 0 Å². The zero-order valence-corrected chi connectivity index (χ0v) is 8.09. The van der Waals surface area contributed by atoms with Crippen molar-refractivity contribution in [3.8, 4) is 0 Å². The largest absolute Gasteiger partial charge is 0.301 e. The molecular formula is C8H9FN2O2S. The van der Waals surface area contributed by atoms with Gasteiger partial charge in [0, 0.05) is 13.1 Å². The van der Waals surface area contributed by atoms with Gasteiger partial charge in [-0.05, 0) is 24.3 Å². The highest BCUT2D eigenvalue weighted by molar-refractivity contribution is 7.91. The molecule has 0 spiro atoms. The van der Waals surface area contributed by atoms with Crippen LogP contribution in [0.3, 0.4) is 0 Å². The molecule has 0 aliphatic carbocycles. The molecule has 0 bridgehead atoms. The fourth-order valence-electron chi connectivity index (χ4n) is 1.35. The minimum absolute atomic E-state index is 0.377. The van der Waals surface area contributed by atoms with Crippen molar-refractivity contribution in [2.75, 3.05) is 17.4 Å². The maximum Gasteiger partial charge on any atom is 0.301 e. The Balaban J connectivity index is 2.36. The number of nitrogens with zero attached hydrogens (tertiary/aromatic N) is 1. The lowest BCUT2D eigenvalue weighted by Gasteiger charge is -2.15. The number of hydrogen-bond donors (Lipinski definition) is 1. The van der Waals surface area contributed by atoms with Crippen LogP contribution in [0.5, 0.6) is 0 Å². The molecule has 1 aliphatic heterocycles. The first-order valence-corrected chi connectivity index (χ1v) is 5.56. The molecule has 14 heavy (non-hydrogen) atoms. The maximum atomic E-state index is 12.6. The molecule has 76 valence electrons. The van der Waals surface area contributed by atoms with Gasteiger partial charge in [-0.25, -0.2) is 4.39 Å². The summed E-state index contributed by atoms with van der Waals surface area (Å²) in [5.74, 6) is -0.377. The van der Waals surface area contributed by atoms with Crippen molar-refractivity contribution in [3.63, 3.8) is 0 Å². The van der Waals surface area contributed by atoms with Gasteiger partial charge in [0.05, 0.1) is 5.69 Å². The normalized spacial score (nSPS) is 19.9. The fraction of sp³-hybridized carbons (Fsp3) is 0.250. The van der Waals surface area contributed by atoms with E-state index in [1.165, 1.54) is 28.6 Å². The van der Waals surface area contributed by atoms with Crippen molar-refractivity contribution in [1.29, 1.82) is 0 Å². The van der Waals surface area contributed by atoms with Gasteiger partial charge in [-0.2, -0.15) is 13.1 Å². The summed E-state index contributed by atoms with van der Waals surface area (Å²) < 4.78 is 38.9. The van der Waals surface area contributed by atoms with Crippen molar-refractivity contribution < 1.29 is 12.8 Å². The Morgan fingerprint density at radius 3 is 2.43 bits per heavy atom. The molecule has 1 aromatic carbocycles. The highest BCUT2D eigenvalue weighted by atomic mass is 32.2. The number of rotatable bonds is 1. The number of halogens is 1. The summed E-state index contributed by atoms with van der Waals surface area (Å²) in [6.45, 7) is 0.772. The van der Waals surface area contributed by atoms with Crippen LogP contribution in [0.25, 0.3) is 0 Å². The monoisotopic (exact) mass is 216 g/mol. The number of hydrogen-bond acceptors (Lipinski definition) is 2. The van der Waals surface area contributed by atoms with E-state index in [1.54, 1.807) is 0 Å². The molecule has 6 heteroatoms. The van der Waals surface area contributed by atoms with Crippen molar-refractivity contribution in [2.24, 2.45) is 0 Å². The second-order valence-electron chi connectivity index (χ2n) is 2.95. The molecule has 1 fully saturated rings. The maximum absolute atomic E-state index is 12.6. The number of benzene rings is 1. The van der Waals surface area contributed by atoms with Crippen LogP contribution in [0.15, 0.2) is 24.3 Å². The van der Waals surface area contributed by atoms with E-state index in [-0.39, 0.29) is 5.82 Å².